The standard InChI is InChI=1S/C21H25F2N3O/c1-12-9-10-21(5,20(3,4)24-13(2)27)19-14(12)11-17(25-26-19)18-15(22)7-6-8-16(18)23/h6-8,11-12H,9-10H2,1-5H3,(H,24,27)/t12-,21-/m0/s1. The van der Waals surface area contributed by atoms with E-state index in [1.165, 1.54) is 25.1 Å². The molecule has 0 spiro atoms. The quantitative estimate of drug-likeness (QED) is 0.862. The Morgan fingerprint density at radius 3 is 2.48 bits per heavy atom. The first-order chi connectivity index (χ1) is 12.6. The van der Waals surface area contributed by atoms with Crippen LogP contribution in [-0.2, 0) is 10.2 Å². The molecule has 0 aliphatic heterocycles. The molecule has 0 unspecified atom stereocenters. The number of carbonyl (C=O) groups excluding carboxylic acids is 1. The number of nitrogens with zero attached hydrogens (tertiary/aromatic N) is 2. The number of hydrogen-bond donors (Lipinski definition) is 1. The Labute approximate surface area is 158 Å². The van der Waals surface area contributed by atoms with Gasteiger partial charge in [-0.3, -0.25) is 4.79 Å². The van der Waals surface area contributed by atoms with Crippen LogP contribution in [-0.4, -0.2) is 21.6 Å². The van der Waals surface area contributed by atoms with Crippen LogP contribution in [0.15, 0.2) is 24.3 Å². The molecule has 0 saturated heterocycles. The summed E-state index contributed by atoms with van der Waals surface area (Å²) in [6.45, 7) is 9.58. The van der Waals surface area contributed by atoms with E-state index in [1.54, 1.807) is 6.07 Å². The Balaban J connectivity index is 2.15. The molecule has 1 aliphatic rings. The fourth-order valence-electron chi connectivity index (χ4n) is 4.04. The monoisotopic (exact) mass is 373 g/mol. The minimum Gasteiger partial charge on any atom is -0.351 e. The third kappa shape index (κ3) is 3.22. The second kappa shape index (κ2) is 6.66. The summed E-state index contributed by atoms with van der Waals surface area (Å²) in [5.41, 5.74) is 0.744. The molecule has 0 radical (unpaired) electrons. The molecule has 144 valence electrons. The smallest absolute Gasteiger partial charge is 0.217 e. The van der Waals surface area contributed by atoms with Crippen LogP contribution in [0, 0.1) is 11.6 Å². The predicted octanol–water partition coefficient (Wildman–Crippen LogP) is 4.49. The number of aromatic nitrogens is 2. The highest BCUT2D eigenvalue weighted by atomic mass is 19.1. The average molecular weight is 373 g/mol. The zero-order valence-electron chi connectivity index (χ0n) is 16.4. The van der Waals surface area contributed by atoms with Crippen molar-refractivity contribution in [3.8, 4) is 11.3 Å². The van der Waals surface area contributed by atoms with Crippen molar-refractivity contribution < 1.29 is 13.6 Å². The number of halogens is 2. The minimum atomic E-state index is -0.658. The van der Waals surface area contributed by atoms with E-state index in [-0.39, 0.29) is 23.1 Å². The van der Waals surface area contributed by atoms with Crippen LogP contribution in [0.5, 0.6) is 0 Å². The molecule has 1 N–H and O–H groups in total. The molecule has 3 rings (SSSR count). The molecule has 1 aromatic heterocycles. The summed E-state index contributed by atoms with van der Waals surface area (Å²) in [6, 6.07) is 5.51. The van der Waals surface area contributed by atoms with Gasteiger partial charge in [0.2, 0.25) is 5.91 Å². The number of amides is 1. The van der Waals surface area contributed by atoms with Gasteiger partial charge in [0.25, 0.3) is 0 Å². The molecule has 0 saturated carbocycles. The second-order valence-electron chi connectivity index (χ2n) is 8.21. The Hall–Kier alpha value is -2.37. The lowest BCUT2D eigenvalue weighted by molar-refractivity contribution is -0.121. The molecule has 1 heterocycles. The van der Waals surface area contributed by atoms with Gasteiger partial charge in [-0.1, -0.05) is 19.9 Å². The molecule has 27 heavy (non-hydrogen) atoms. The van der Waals surface area contributed by atoms with E-state index in [9.17, 15) is 13.6 Å². The normalized spacial score (nSPS) is 22.3. The molecule has 4 nitrogen and oxygen atoms in total. The van der Waals surface area contributed by atoms with Gasteiger partial charge in [-0.2, -0.15) is 10.2 Å². The third-order valence-corrected chi connectivity index (χ3v) is 6.04. The Bertz CT molecular complexity index is 877. The number of nitrogens with one attached hydrogen (secondary N) is 1. The maximum Gasteiger partial charge on any atom is 0.217 e. The van der Waals surface area contributed by atoms with Crippen molar-refractivity contribution in [2.45, 2.75) is 64.3 Å². The van der Waals surface area contributed by atoms with Crippen LogP contribution in [0.1, 0.15) is 64.6 Å². The number of benzene rings is 1. The molecular formula is C21H25F2N3O. The summed E-state index contributed by atoms with van der Waals surface area (Å²) in [7, 11) is 0. The van der Waals surface area contributed by atoms with Crippen molar-refractivity contribution in [3.05, 3.63) is 47.2 Å². The van der Waals surface area contributed by atoms with Crippen molar-refractivity contribution >= 4 is 5.91 Å². The summed E-state index contributed by atoms with van der Waals surface area (Å²) in [4.78, 5) is 11.7. The zero-order chi connectivity index (χ0) is 20.0. The van der Waals surface area contributed by atoms with E-state index in [4.69, 9.17) is 0 Å². The fourth-order valence-corrected chi connectivity index (χ4v) is 4.04. The van der Waals surface area contributed by atoms with E-state index in [0.29, 0.717) is 0 Å². The van der Waals surface area contributed by atoms with Gasteiger partial charge in [0.1, 0.15) is 11.6 Å². The SMILES string of the molecule is CC(=O)NC(C)(C)[C@@]1(C)CC[C@H](C)c2cc(-c3c(F)cccc3F)nnc21. The number of hydrogen-bond acceptors (Lipinski definition) is 3. The van der Waals surface area contributed by atoms with Gasteiger partial charge in [-0.15, -0.1) is 0 Å². The molecule has 1 amide bonds. The highest BCUT2D eigenvalue weighted by molar-refractivity contribution is 5.74. The van der Waals surface area contributed by atoms with Gasteiger partial charge in [-0.05, 0) is 56.4 Å². The highest BCUT2D eigenvalue weighted by Gasteiger charge is 2.48. The minimum absolute atomic E-state index is 0.112. The van der Waals surface area contributed by atoms with Gasteiger partial charge >= 0.3 is 0 Å². The Morgan fingerprint density at radius 2 is 1.89 bits per heavy atom. The van der Waals surface area contributed by atoms with Crippen molar-refractivity contribution in [2.24, 2.45) is 0 Å². The van der Waals surface area contributed by atoms with Gasteiger partial charge in [0, 0.05) is 17.9 Å². The van der Waals surface area contributed by atoms with E-state index < -0.39 is 22.6 Å². The zero-order valence-corrected chi connectivity index (χ0v) is 16.4. The summed E-state index contributed by atoms with van der Waals surface area (Å²) in [5, 5.41) is 11.6. The topological polar surface area (TPSA) is 54.9 Å². The summed E-state index contributed by atoms with van der Waals surface area (Å²) in [5.74, 6) is -1.24. The fraction of sp³-hybridized carbons (Fsp3) is 0.476. The molecule has 1 aliphatic carbocycles. The molecule has 1 aromatic carbocycles. The highest BCUT2D eigenvalue weighted by Crippen LogP contribution is 2.47. The number of rotatable bonds is 3. The lowest BCUT2D eigenvalue weighted by atomic mass is 9.61. The largest absolute Gasteiger partial charge is 0.351 e. The van der Waals surface area contributed by atoms with Crippen molar-refractivity contribution in [2.75, 3.05) is 0 Å². The second-order valence-corrected chi connectivity index (χ2v) is 8.21. The van der Waals surface area contributed by atoms with Crippen LogP contribution in [0.2, 0.25) is 0 Å². The lowest BCUT2D eigenvalue weighted by Crippen LogP contribution is -2.58. The van der Waals surface area contributed by atoms with Gasteiger partial charge in [0.05, 0.1) is 17.0 Å². The first kappa shape index (κ1) is 19.4. The van der Waals surface area contributed by atoms with Gasteiger partial charge < -0.3 is 5.32 Å². The third-order valence-electron chi connectivity index (χ3n) is 6.04. The van der Waals surface area contributed by atoms with Crippen LogP contribution in [0.4, 0.5) is 8.78 Å². The van der Waals surface area contributed by atoms with E-state index in [2.05, 4.69) is 29.4 Å². The van der Waals surface area contributed by atoms with Crippen molar-refractivity contribution in [3.63, 3.8) is 0 Å². The molecule has 2 aromatic rings. The van der Waals surface area contributed by atoms with E-state index >= 15 is 0 Å². The van der Waals surface area contributed by atoms with E-state index in [0.717, 1.165) is 24.1 Å². The number of carbonyl (C=O) groups is 1. The Morgan fingerprint density at radius 1 is 1.26 bits per heavy atom. The van der Waals surface area contributed by atoms with Crippen molar-refractivity contribution in [1.82, 2.24) is 15.5 Å². The van der Waals surface area contributed by atoms with Crippen LogP contribution < -0.4 is 5.32 Å². The molecular weight excluding hydrogens is 348 g/mol. The van der Waals surface area contributed by atoms with Gasteiger partial charge in [0.15, 0.2) is 0 Å². The summed E-state index contributed by atoms with van der Waals surface area (Å²) < 4.78 is 28.4. The average Bonchev–Trinajstić information content (AvgIpc) is 2.57. The molecule has 0 fully saturated rings. The first-order valence-corrected chi connectivity index (χ1v) is 9.18. The molecule has 2 atom stereocenters. The van der Waals surface area contributed by atoms with E-state index in [1.807, 2.05) is 13.8 Å². The molecule has 6 heteroatoms. The maximum atomic E-state index is 14.2. The summed E-state index contributed by atoms with van der Waals surface area (Å²) in [6.07, 6.45) is 1.72. The lowest BCUT2D eigenvalue weighted by Gasteiger charge is -2.48. The van der Waals surface area contributed by atoms with Crippen LogP contribution in [0.3, 0.4) is 0 Å². The van der Waals surface area contributed by atoms with Crippen LogP contribution in [0.25, 0.3) is 11.3 Å². The molecule has 0 bridgehead atoms. The number of fused-ring (bicyclic) bond motifs is 1. The van der Waals surface area contributed by atoms with Crippen molar-refractivity contribution in [1.29, 1.82) is 0 Å². The predicted molar refractivity (Wildman–Crippen MR) is 100 cm³/mol. The maximum absolute atomic E-state index is 14.2. The summed E-state index contributed by atoms with van der Waals surface area (Å²) >= 11 is 0. The van der Waals surface area contributed by atoms with Gasteiger partial charge in [-0.25, -0.2) is 8.78 Å². The Kier molecular flexibility index (Phi) is 4.78. The van der Waals surface area contributed by atoms with Crippen LogP contribution >= 0.6 is 0 Å². The first-order valence-electron chi connectivity index (χ1n) is 9.18.